The third-order valence-electron chi connectivity index (χ3n) is 8.80. The SMILES string of the molecule is CN1C(=CC=C2CCCC(C=CC3=[N+](C)c4ccc([N+](=O)[O-])cc4C3(C)C)=C2Cl)C(C)(C)c2cc([N+](=O)[O-])ccc21. The number of nitro benzene ring substituents is 2. The molecule has 8 nitrogen and oxygen atoms in total. The Labute approximate surface area is 244 Å². The number of anilines is 1. The molecule has 0 radical (unpaired) electrons. The zero-order valence-corrected chi connectivity index (χ0v) is 25.0. The fourth-order valence-electron chi connectivity index (χ4n) is 6.44. The summed E-state index contributed by atoms with van der Waals surface area (Å²) in [6, 6.07) is 10.1. The Kier molecular flexibility index (Phi) is 7.02. The average Bonchev–Trinajstić information content (AvgIpc) is 3.24. The first-order valence-electron chi connectivity index (χ1n) is 13.7. The van der Waals surface area contributed by atoms with Gasteiger partial charge in [0.1, 0.15) is 7.05 Å². The van der Waals surface area contributed by atoms with Crippen LogP contribution in [0.3, 0.4) is 0 Å². The highest BCUT2D eigenvalue weighted by molar-refractivity contribution is 6.32. The lowest BCUT2D eigenvalue weighted by atomic mass is 9.81. The second-order valence-corrected chi connectivity index (χ2v) is 12.3. The number of hydrogen-bond donors (Lipinski definition) is 0. The number of non-ortho nitro benzene ring substituents is 2. The summed E-state index contributed by atoms with van der Waals surface area (Å²) in [6.45, 7) is 8.33. The number of fused-ring (bicyclic) bond motifs is 2. The molecule has 2 aliphatic heterocycles. The highest BCUT2D eigenvalue weighted by Crippen LogP contribution is 2.48. The molecule has 3 aliphatic rings. The van der Waals surface area contributed by atoms with Gasteiger partial charge >= 0.3 is 0 Å². The van der Waals surface area contributed by atoms with Crippen LogP contribution in [0.25, 0.3) is 0 Å². The minimum absolute atomic E-state index is 0.0924. The number of nitro groups is 2. The van der Waals surface area contributed by atoms with E-state index in [1.54, 1.807) is 24.3 Å². The first kappa shape index (κ1) is 28.5. The second-order valence-electron chi connectivity index (χ2n) is 11.9. The highest BCUT2D eigenvalue weighted by atomic mass is 35.5. The monoisotopic (exact) mass is 573 g/mol. The largest absolute Gasteiger partial charge is 0.347 e. The molecule has 5 rings (SSSR count). The van der Waals surface area contributed by atoms with Gasteiger partial charge < -0.3 is 4.90 Å². The molecule has 2 aromatic rings. The third kappa shape index (κ3) is 4.70. The molecule has 0 saturated carbocycles. The van der Waals surface area contributed by atoms with Gasteiger partial charge in [-0.15, -0.1) is 0 Å². The third-order valence-corrected chi connectivity index (χ3v) is 9.28. The molecule has 41 heavy (non-hydrogen) atoms. The van der Waals surface area contributed by atoms with Crippen LogP contribution in [0.15, 0.2) is 82.6 Å². The molecule has 0 N–H and O–H groups in total. The van der Waals surface area contributed by atoms with Gasteiger partial charge in [-0.1, -0.05) is 37.6 Å². The molecule has 0 aromatic heterocycles. The molecule has 0 spiro atoms. The van der Waals surface area contributed by atoms with Crippen molar-refractivity contribution >= 4 is 40.1 Å². The molecule has 0 bridgehead atoms. The van der Waals surface area contributed by atoms with Crippen LogP contribution in [-0.4, -0.2) is 34.2 Å². The van der Waals surface area contributed by atoms with Gasteiger partial charge in [-0.25, -0.2) is 0 Å². The van der Waals surface area contributed by atoms with Crippen LogP contribution in [-0.2, 0) is 10.8 Å². The summed E-state index contributed by atoms with van der Waals surface area (Å²) in [6.07, 6.45) is 11.0. The maximum atomic E-state index is 11.4. The molecule has 0 saturated heterocycles. The summed E-state index contributed by atoms with van der Waals surface area (Å²) in [4.78, 5) is 24.1. The number of halogens is 1. The molecule has 2 aromatic carbocycles. The number of nitrogens with zero attached hydrogens (tertiary/aromatic N) is 4. The number of benzene rings is 2. The lowest BCUT2D eigenvalue weighted by molar-refractivity contribution is -0.402. The molecule has 2 heterocycles. The van der Waals surface area contributed by atoms with E-state index in [9.17, 15) is 20.2 Å². The van der Waals surface area contributed by atoms with Crippen LogP contribution in [0.1, 0.15) is 58.1 Å². The molecule has 212 valence electrons. The van der Waals surface area contributed by atoms with E-state index in [0.29, 0.717) is 0 Å². The summed E-state index contributed by atoms with van der Waals surface area (Å²) in [5.41, 5.74) is 7.37. The van der Waals surface area contributed by atoms with Gasteiger partial charge in [0, 0.05) is 70.9 Å². The van der Waals surface area contributed by atoms with E-state index in [0.717, 1.165) is 69.4 Å². The van der Waals surface area contributed by atoms with E-state index in [2.05, 4.69) is 61.5 Å². The van der Waals surface area contributed by atoms with Gasteiger partial charge in [-0.3, -0.25) is 20.2 Å². The van der Waals surface area contributed by atoms with Crippen molar-refractivity contribution in [1.29, 1.82) is 0 Å². The fourth-order valence-corrected chi connectivity index (χ4v) is 6.76. The van der Waals surface area contributed by atoms with Crippen LogP contribution in [0.2, 0.25) is 0 Å². The Bertz CT molecular complexity index is 1660. The van der Waals surface area contributed by atoms with E-state index >= 15 is 0 Å². The van der Waals surface area contributed by atoms with Crippen LogP contribution in [0, 0.1) is 20.2 Å². The maximum absolute atomic E-state index is 11.4. The molecule has 0 amide bonds. The lowest BCUT2D eigenvalue weighted by Gasteiger charge is -2.24. The predicted molar refractivity (Wildman–Crippen MR) is 164 cm³/mol. The molecule has 9 heteroatoms. The maximum Gasteiger partial charge on any atom is 0.270 e. The Morgan fingerprint density at radius 2 is 1.54 bits per heavy atom. The van der Waals surface area contributed by atoms with Crippen molar-refractivity contribution in [3.63, 3.8) is 0 Å². The van der Waals surface area contributed by atoms with Crippen molar-refractivity contribution < 1.29 is 14.4 Å². The van der Waals surface area contributed by atoms with Gasteiger partial charge in [-0.05, 0) is 62.0 Å². The molecule has 1 aliphatic carbocycles. The predicted octanol–water partition coefficient (Wildman–Crippen LogP) is 7.98. The zero-order valence-electron chi connectivity index (χ0n) is 24.2. The minimum atomic E-state index is -0.403. The van der Waals surface area contributed by atoms with Crippen LogP contribution >= 0.6 is 11.6 Å². The molecular formula is C32H34ClN4O4+. The fraction of sp³-hybridized carbons (Fsp3) is 0.344. The van der Waals surface area contributed by atoms with Crippen LogP contribution < -0.4 is 4.90 Å². The lowest BCUT2D eigenvalue weighted by Crippen LogP contribution is -2.26. The van der Waals surface area contributed by atoms with Crippen LogP contribution in [0.4, 0.5) is 22.7 Å². The summed E-state index contributed by atoms with van der Waals surface area (Å²) >= 11 is 6.97. The number of rotatable bonds is 5. The van der Waals surface area contributed by atoms with Gasteiger partial charge in [0.25, 0.3) is 11.4 Å². The average molecular weight is 574 g/mol. The highest BCUT2D eigenvalue weighted by Gasteiger charge is 2.44. The number of hydrogen-bond acceptors (Lipinski definition) is 5. The Balaban J connectivity index is 1.45. The Morgan fingerprint density at radius 3 is 2.20 bits per heavy atom. The van der Waals surface area contributed by atoms with E-state index in [4.69, 9.17) is 11.6 Å². The number of likely N-dealkylation sites (N-methyl/N-ethyl adjacent to an activating group) is 1. The van der Waals surface area contributed by atoms with Crippen molar-refractivity contribution in [1.82, 2.24) is 0 Å². The molecular weight excluding hydrogens is 540 g/mol. The van der Waals surface area contributed by atoms with Crippen molar-refractivity contribution in [2.75, 3.05) is 19.0 Å². The summed E-state index contributed by atoms with van der Waals surface area (Å²) in [5.74, 6) is 0. The van der Waals surface area contributed by atoms with E-state index < -0.39 is 10.8 Å². The first-order chi connectivity index (χ1) is 19.2. The first-order valence-corrected chi connectivity index (χ1v) is 14.0. The molecule has 0 fully saturated rings. The molecule has 0 unspecified atom stereocenters. The van der Waals surface area contributed by atoms with Crippen molar-refractivity contribution in [2.45, 2.75) is 57.8 Å². The summed E-state index contributed by atoms with van der Waals surface area (Å²) in [7, 11) is 3.97. The Hall–Kier alpha value is -4.04. The summed E-state index contributed by atoms with van der Waals surface area (Å²) in [5, 5.41) is 23.5. The van der Waals surface area contributed by atoms with Gasteiger partial charge in [0.15, 0.2) is 5.71 Å². The standard InChI is InChI=1S/C32H34ClN4O4/c1-31(2)24-18-22(36(38)39)12-14-26(24)34(5)28(31)16-10-20-8-7-9-21(30(20)33)11-17-29-32(3,4)25-19-23(37(40)41)13-15-27(25)35(29)6/h10-19H,7-9H2,1-6H3/q+1. The minimum Gasteiger partial charge on any atom is -0.347 e. The second kappa shape index (κ2) is 10.1. The van der Waals surface area contributed by atoms with Crippen molar-refractivity contribution in [3.8, 4) is 0 Å². The topological polar surface area (TPSA) is 92.5 Å². The van der Waals surface area contributed by atoms with Crippen molar-refractivity contribution in [3.05, 3.63) is 114 Å². The smallest absolute Gasteiger partial charge is 0.270 e. The van der Waals surface area contributed by atoms with E-state index in [-0.39, 0.29) is 21.2 Å². The number of allylic oxidation sites excluding steroid dienone is 8. The van der Waals surface area contributed by atoms with Crippen LogP contribution in [0.5, 0.6) is 0 Å². The normalized spacial score (nSPS) is 21.3. The summed E-state index contributed by atoms with van der Waals surface area (Å²) < 4.78 is 2.09. The van der Waals surface area contributed by atoms with Gasteiger partial charge in [0.2, 0.25) is 5.69 Å². The molecule has 0 atom stereocenters. The van der Waals surface area contributed by atoms with E-state index in [1.165, 1.54) is 0 Å². The quantitative estimate of drug-likeness (QED) is 0.205. The van der Waals surface area contributed by atoms with Gasteiger partial charge in [-0.2, -0.15) is 4.58 Å². The van der Waals surface area contributed by atoms with E-state index in [1.807, 2.05) is 26.2 Å². The van der Waals surface area contributed by atoms with Crippen molar-refractivity contribution in [2.24, 2.45) is 0 Å². The van der Waals surface area contributed by atoms with Gasteiger partial charge in [0.05, 0.1) is 15.3 Å². The Morgan fingerprint density at radius 1 is 0.902 bits per heavy atom. The zero-order chi connectivity index (χ0) is 29.9.